The highest BCUT2D eigenvalue weighted by atomic mass is 16.6. The maximum atomic E-state index is 11.3. The molecule has 0 aromatic carbocycles. The molecule has 0 aromatic rings. The first-order valence-electron chi connectivity index (χ1n) is 4.97. The first kappa shape index (κ1) is 11.2. The minimum absolute atomic E-state index is 0.455. The lowest BCUT2D eigenvalue weighted by atomic mass is 10.1. The molecule has 0 bridgehead atoms. The Bertz CT molecular complexity index is 233. The summed E-state index contributed by atoms with van der Waals surface area (Å²) in [5, 5.41) is 3.16. The van der Waals surface area contributed by atoms with Crippen LogP contribution in [0.25, 0.3) is 0 Å². The summed E-state index contributed by atoms with van der Waals surface area (Å²) in [7, 11) is 0. The van der Waals surface area contributed by atoms with Crippen LogP contribution >= 0.6 is 0 Å². The topological polar surface area (TPSA) is 50.7 Å². The summed E-state index contributed by atoms with van der Waals surface area (Å²) >= 11 is 0. The average Bonchev–Trinajstić information content (AvgIpc) is 2.02. The molecule has 1 heterocycles. The van der Waals surface area contributed by atoms with Crippen molar-refractivity contribution in [3.63, 3.8) is 0 Å². The first-order valence-corrected chi connectivity index (χ1v) is 4.97. The number of amides is 1. The van der Waals surface area contributed by atoms with Crippen LogP contribution in [0.5, 0.6) is 0 Å². The van der Waals surface area contributed by atoms with E-state index in [0.717, 1.165) is 25.1 Å². The van der Waals surface area contributed by atoms with Gasteiger partial charge in [0.2, 0.25) is 0 Å². The number of carbonyl (C=O) groups is 1. The van der Waals surface area contributed by atoms with E-state index in [-0.39, 0.29) is 0 Å². The number of hydrogen-bond donors (Lipinski definition) is 1. The third-order valence-corrected chi connectivity index (χ3v) is 1.79. The molecule has 1 saturated heterocycles. The highest BCUT2D eigenvalue weighted by Crippen LogP contribution is 2.09. The van der Waals surface area contributed by atoms with Gasteiger partial charge in [-0.15, -0.1) is 0 Å². The second-order valence-electron chi connectivity index (χ2n) is 4.44. The molecule has 1 amide bonds. The molecule has 80 valence electrons. The first-order chi connectivity index (χ1) is 6.47. The molecular weight excluding hydrogens is 180 g/mol. The van der Waals surface area contributed by atoms with Gasteiger partial charge in [0.05, 0.1) is 0 Å². The lowest BCUT2D eigenvalue weighted by Gasteiger charge is -2.19. The molecule has 0 saturated carbocycles. The summed E-state index contributed by atoms with van der Waals surface area (Å²) in [6.07, 6.45) is 1.46. The molecule has 0 spiro atoms. The summed E-state index contributed by atoms with van der Waals surface area (Å²) < 4.78 is 5.09. The summed E-state index contributed by atoms with van der Waals surface area (Å²) in [4.78, 5) is 15.2. The van der Waals surface area contributed by atoms with E-state index >= 15 is 0 Å². The quantitative estimate of drug-likeness (QED) is 0.645. The van der Waals surface area contributed by atoms with Gasteiger partial charge >= 0.3 is 6.09 Å². The molecule has 4 nitrogen and oxygen atoms in total. The second-order valence-corrected chi connectivity index (χ2v) is 4.44. The Morgan fingerprint density at radius 2 is 2.21 bits per heavy atom. The van der Waals surface area contributed by atoms with Crippen LogP contribution < -0.4 is 5.32 Å². The van der Waals surface area contributed by atoms with Gasteiger partial charge in [-0.05, 0) is 40.2 Å². The van der Waals surface area contributed by atoms with E-state index in [1.807, 2.05) is 20.8 Å². The maximum absolute atomic E-state index is 11.3. The van der Waals surface area contributed by atoms with Crippen molar-refractivity contribution >= 4 is 11.8 Å². The van der Waals surface area contributed by atoms with Gasteiger partial charge in [0.25, 0.3) is 0 Å². The molecule has 1 aliphatic heterocycles. The summed E-state index contributed by atoms with van der Waals surface area (Å²) in [6.45, 7) is 7.23. The zero-order valence-electron chi connectivity index (χ0n) is 9.09. The van der Waals surface area contributed by atoms with Gasteiger partial charge in [0.1, 0.15) is 5.60 Å². The molecule has 0 aromatic heterocycles. The Hall–Kier alpha value is -0.900. The van der Waals surface area contributed by atoms with Crippen LogP contribution in [0, 0.1) is 0 Å². The van der Waals surface area contributed by atoms with Crippen LogP contribution in [0.15, 0.2) is 4.99 Å². The highest BCUT2D eigenvalue weighted by Gasteiger charge is 2.16. The summed E-state index contributed by atoms with van der Waals surface area (Å²) in [5.41, 5.74) is 0.439. The predicted octanol–water partition coefficient (Wildman–Crippen LogP) is 1.75. The standard InChI is InChI=1S/C10H18N2O2/c1-10(2,3)14-9(13)12-8-5-4-6-11-7-8/h11H,4-7H2,1-3H3. The Kier molecular flexibility index (Phi) is 3.63. The van der Waals surface area contributed by atoms with Crippen molar-refractivity contribution in [2.45, 2.75) is 39.2 Å². The fourth-order valence-electron chi connectivity index (χ4n) is 1.25. The molecule has 0 aliphatic carbocycles. The van der Waals surface area contributed by atoms with E-state index in [9.17, 15) is 4.79 Å². The largest absolute Gasteiger partial charge is 0.442 e. The van der Waals surface area contributed by atoms with E-state index in [4.69, 9.17) is 4.74 Å². The van der Waals surface area contributed by atoms with Gasteiger partial charge in [-0.25, -0.2) is 4.79 Å². The van der Waals surface area contributed by atoms with Gasteiger partial charge in [0.15, 0.2) is 0 Å². The molecule has 1 N–H and O–H groups in total. The average molecular weight is 198 g/mol. The molecule has 1 aliphatic rings. The maximum Gasteiger partial charge on any atom is 0.434 e. The second kappa shape index (κ2) is 4.55. The number of nitrogens with zero attached hydrogens (tertiary/aromatic N) is 1. The zero-order chi connectivity index (χ0) is 10.6. The molecule has 1 fully saturated rings. The van der Waals surface area contributed by atoms with E-state index in [0.29, 0.717) is 6.54 Å². The van der Waals surface area contributed by atoms with Crippen molar-refractivity contribution in [2.24, 2.45) is 4.99 Å². The fraction of sp³-hybridized carbons (Fsp3) is 0.800. The van der Waals surface area contributed by atoms with Crippen molar-refractivity contribution in [1.29, 1.82) is 0 Å². The van der Waals surface area contributed by atoms with E-state index in [1.165, 1.54) is 0 Å². The van der Waals surface area contributed by atoms with Gasteiger partial charge < -0.3 is 10.1 Å². The Balaban J connectivity index is 2.45. The van der Waals surface area contributed by atoms with Crippen LogP contribution in [-0.2, 0) is 4.74 Å². The van der Waals surface area contributed by atoms with Gasteiger partial charge in [0, 0.05) is 12.3 Å². The van der Waals surface area contributed by atoms with Crippen molar-refractivity contribution in [1.82, 2.24) is 5.32 Å². The predicted molar refractivity (Wildman–Crippen MR) is 55.8 cm³/mol. The molecule has 4 heteroatoms. The lowest BCUT2D eigenvalue weighted by Crippen LogP contribution is -2.31. The van der Waals surface area contributed by atoms with E-state index in [1.54, 1.807) is 0 Å². The van der Waals surface area contributed by atoms with E-state index < -0.39 is 11.7 Å². The van der Waals surface area contributed by atoms with Crippen LogP contribution in [-0.4, -0.2) is 30.5 Å². The molecule has 0 atom stereocenters. The van der Waals surface area contributed by atoms with Crippen LogP contribution in [0.1, 0.15) is 33.6 Å². The molecule has 14 heavy (non-hydrogen) atoms. The zero-order valence-corrected chi connectivity index (χ0v) is 9.09. The number of carbonyl (C=O) groups excluding carboxylic acids is 1. The van der Waals surface area contributed by atoms with Crippen LogP contribution in [0.2, 0.25) is 0 Å². The number of piperidine rings is 1. The smallest absolute Gasteiger partial charge is 0.434 e. The Morgan fingerprint density at radius 3 is 2.71 bits per heavy atom. The number of nitrogens with one attached hydrogen (secondary N) is 1. The number of rotatable bonds is 0. The highest BCUT2D eigenvalue weighted by molar-refractivity contribution is 5.95. The van der Waals surface area contributed by atoms with Crippen LogP contribution in [0.4, 0.5) is 4.79 Å². The number of ether oxygens (including phenoxy) is 1. The molecule has 0 unspecified atom stereocenters. The minimum Gasteiger partial charge on any atom is -0.442 e. The van der Waals surface area contributed by atoms with Gasteiger partial charge in [-0.3, -0.25) is 0 Å². The van der Waals surface area contributed by atoms with Crippen molar-refractivity contribution < 1.29 is 9.53 Å². The normalized spacial score (nSPS) is 20.9. The third kappa shape index (κ3) is 4.37. The minimum atomic E-state index is -0.476. The molecule has 1 rings (SSSR count). The lowest BCUT2D eigenvalue weighted by molar-refractivity contribution is 0.0603. The van der Waals surface area contributed by atoms with Crippen molar-refractivity contribution in [3.8, 4) is 0 Å². The monoisotopic (exact) mass is 198 g/mol. The number of hydrogen-bond acceptors (Lipinski definition) is 3. The van der Waals surface area contributed by atoms with Crippen LogP contribution in [0.3, 0.4) is 0 Å². The van der Waals surface area contributed by atoms with E-state index in [2.05, 4.69) is 10.3 Å². The summed E-state index contributed by atoms with van der Waals surface area (Å²) in [5.74, 6) is 0. The van der Waals surface area contributed by atoms with Gasteiger partial charge in [-0.1, -0.05) is 0 Å². The van der Waals surface area contributed by atoms with Crippen molar-refractivity contribution in [2.75, 3.05) is 13.1 Å². The fourth-order valence-corrected chi connectivity index (χ4v) is 1.25. The third-order valence-electron chi connectivity index (χ3n) is 1.79. The Morgan fingerprint density at radius 1 is 1.50 bits per heavy atom. The van der Waals surface area contributed by atoms with Crippen molar-refractivity contribution in [3.05, 3.63) is 0 Å². The number of aliphatic imine (C=N–C) groups is 1. The molecular formula is C10H18N2O2. The SMILES string of the molecule is CC(C)(C)OC(=O)N=C1CCCNC1. The summed E-state index contributed by atoms with van der Waals surface area (Å²) in [6, 6.07) is 0. The molecule has 0 radical (unpaired) electrons. The Labute approximate surface area is 84.7 Å². The van der Waals surface area contributed by atoms with Gasteiger partial charge in [-0.2, -0.15) is 4.99 Å².